The van der Waals surface area contributed by atoms with Crippen molar-refractivity contribution in [1.29, 1.82) is 0 Å². The molecule has 0 radical (unpaired) electrons. The predicted molar refractivity (Wildman–Crippen MR) is 118 cm³/mol. The summed E-state index contributed by atoms with van der Waals surface area (Å²) < 4.78 is 0. The summed E-state index contributed by atoms with van der Waals surface area (Å²) in [4.78, 5) is 26.0. The van der Waals surface area contributed by atoms with E-state index < -0.39 is 0 Å². The number of fused-ring (bicyclic) bond motifs is 1. The molecule has 0 unspecified atom stereocenters. The van der Waals surface area contributed by atoms with Gasteiger partial charge in [-0.1, -0.05) is 0 Å². The normalized spacial score (nSPS) is 15.0. The highest BCUT2D eigenvalue weighted by Crippen LogP contribution is 2.37. The lowest BCUT2D eigenvalue weighted by Crippen LogP contribution is -2.44. The Morgan fingerprint density at radius 1 is 1.07 bits per heavy atom. The lowest BCUT2D eigenvalue weighted by atomic mass is 9.92. The van der Waals surface area contributed by atoms with Crippen LogP contribution in [-0.4, -0.2) is 61.0 Å². The van der Waals surface area contributed by atoms with Crippen molar-refractivity contribution in [3.05, 3.63) is 53.5 Å². The van der Waals surface area contributed by atoms with Crippen molar-refractivity contribution in [3.8, 4) is 11.1 Å². The summed E-state index contributed by atoms with van der Waals surface area (Å²) in [6, 6.07) is 8.14. The Bertz CT molecular complexity index is 1060. The minimum absolute atomic E-state index is 0.157. The Morgan fingerprint density at radius 3 is 2.41 bits per heavy atom. The van der Waals surface area contributed by atoms with E-state index in [1.165, 1.54) is 11.1 Å². The van der Waals surface area contributed by atoms with Crippen molar-refractivity contribution in [1.82, 2.24) is 20.2 Å². The molecule has 1 aromatic carbocycles. The molecule has 3 aromatic rings. The van der Waals surface area contributed by atoms with Gasteiger partial charge in [0.2, 0.25) is 0 Å². The number of amides is 1. The number of piperazine rings is 1. The molecule has 1 saturated heterocycles. The van der Waals surface area contributed by atoms with E-state index in [-0.39, 0.29) is 5.91 Å². The maximum absolute atomic E-state index is 12.4. The second-order valence-electron chi connectivity index (χ2n) is 7.72. The van der Waals surface area contributed by atoms with E-state index in [0.717, 1.165) is 53.9 Å². The van der Waals surface area contributed by atoms with Crippen molar-refractivity contribution in [2.75, 3.05) is 45.2 Å². The third kappa shape index (κ3) is 3.56. The first-order valence-corrected chi connectivity index (χ1v) is 10.0. The zero-order valence-corrected chi connectivity index (χ0v) is 17.5. The molecule has 1 N–H and O–H groups in total. The van der Waals surface area contributed by atoms with Crippen molar-refractivity contribution in [2.24, 2.45) is 0 Å². The van der Waals surface area contributed by atoms with Crippen LogP contribution in [0.25, 0.3) is 22.0 Å². The van der Waals surface area contributed by atoms with Crippen molar-refractivity contribution < 1.29 is 4.79 Å². The first kappa shape index (κ1) is 19.3. The molecule has 29 heavy (non-hydrogen) atoms. The Balaban J connectivity index is 1.98. The fourth-order valence-corrected chi connectivity index (χ4v) is 4.24. The number of carbonyl (C=O) groups is 1. The molecule has 2 aromatic heterocycles. The first-order valence-electron chi connectivity index (χ1n) is 10.0. The molecule has 1 fully saturated rings. The van der Waals surface area contributed by atoms with Gasteiger partial charge in [0.05, 0.1) is 5.52 Å². The third-order valence-corrected chi connectivity index (χ3v) is 5.80. The number of aryl methyl sites for hydroxylation is 2. The summed E-state index contributed by atoms with van der Waals surface area (Å²) in [6.07, 6.45) is 3.65. The smallest absolute Gasteiger partial charge is 0.269 e. The first-order chi connectivity index (χ1) is 14.0. The third-order valence-electron chi connectivity index (χ3n) is 5.80. The van der Waals surface area contributed by atoms with Crippen LogP contribution in [0.2, 0.25) is 0 Å². The van der Waals surface area contributed by atoms with Crippen LogP contribution in [0.4, 0.5) is 5.69 Å². The van der Waals surface area contributed by atoms with E-state index in [1.54, 1.807) is 7.05 Å². The summed E-state index contributed by atoms with van der Waals surface area (Å²) in [5, 5.41) is 3.84. The Labute approximate surface area is 171 Å². The average molecular weight is 390 g/mol. The standard InChI is InChI=1S/C23H27N5O/c1-15-13-18-22(16(2)21(15)17-5-7-25-8-6-17)20(14-19(26-18)23(29)24-3)28-11-9-27(4)10-12-28/h5-8,13-14H,9-12H2,1-4H3,(H,24,29). The fourth-order valence-electron chi connectivity index (χ4n) is 4.24. The number of hydrogen-bond acceptors (Lipinski definition) is 5. The van der Waals surface area contributed by atoms with Gasteiger partial charge in [-0.3, -0.25) is 9.78 Å². The van der Waals surface area contributed by atoms with Crippen LogP contribution in [0, 0.1) is 13.8 Å². The van der Waals surface area contributed by atoms with Crippen LogP contribution in [0.15, 0.2) is 36.7 Å². The topological polar surface area (TPSA) is 61.4 Å². The van der Waals surface area contributed by atoms with Gasteiger partial charge in [-0.15, -0.1) is 0 Å². The number of hydrogen-bond donors (Lipinski definition) is 1. The van der Waals surface area contributed by atoms with Crippen molar-refractivity contribution in [3.63, 3.8) is 0 Å². The zero-order valence-electron chi connectivity index (χ0n) is 17.5. The van der Waals surface area contributed by atoms with E-state index in [4.69, 9.17) is 4.98 Å². The second-order valence-corrected chi connectivity index (χ2v) is 7.72. The number of aromatic nitrogens is 2. The van der Waals surface area contributed by atoms with Gasteiger partial charge < -0.3 is 15.1 Å². The molecule has 0 atom stereocenters. The Morgan fingerprint density at radius 2 is 1.76 bits per heavy atom. The summed E-state index contributed by atoms with van der Waals surface area (Å²) in [5.41, 5.74) is 7.12. The Kier molecular flexibility index (Phi) is 5.20. The summed E-state index contributed by atoms with van der Waals surface area (Å²) in [6.45, 7) is 8.13. The molecule has 0 bridgehead atoms. The van der Waals surface area contributed by atoms with E-state index in [0.29, 0.717) is 5.69 Å². The van der Waals surface area contributed by atoms with Gasteiger partial charge in [0.25, 0.3) is 5.91 Å². The SMILES string of the molecule is CNC(=O)c1cc(N2CCN(C)CC2)c2c(C)c(-c3ccncc3)c(C)cc2n1. The molecule has 3 heterocycles. The minimum atomic E-state index is -0.157. The van der Waals surface area contributed by atoms with Crippen molar-refractivity contribution in [2.45, 2.75) is 13.8 Å². The predicted octanol–water partition coefficient (Wildman–Crippen LogP) is 3.03. The number of nitrogens with one attached hydrogen (secondary N) is 1. The number of benzene rings is 1. The van der Waals surface area contributed by atoms with Gasteiger partial charge >= 0.3 is 0 Å². The van der Waals surface area contributed by atoms with Gasteiger partial charge in [0, 0.05) is 56.7 Å². The number of nitrogens with zero attached hydrogens (tertiary/aromatic N) is 4. The van der Waals surface area contributed by atoms with Gasteiger partial charge in [0.1, 0.15) is 5.69 Å². The van der Waals surface area contributed by atoms with E-state index >= 15 is 0 Å². The molecule has 0 aliphatic carbocycles. The number of carbonyl (C=O) groups excluding carboxylic acids is 1. The highest BCUT2D eigenvalue weighted by atomic mass is 16.1. The highest BCUT2D eigenvalue weighted by molar-refractivity contribution is 6.03. The molecule has 1 amide bonds. The van der Waals surface area contributed by atoms with E-state index in [9.17, 15) is 4.79 Å². The fraction of sp³-hybridized carbons (Fsp3) is 0.348. The van der Waals surface area contributed by atoms with E-state index in [1.807, 2.05) is 30.6 Å². The number of anilines is 1. The maximum Gasteiger partial charge on any atom is 0.269 e. The maximum atomic E-state index is 12.4. The van der Waals surface area contributed by atoms with Crippen LogP contribution in [0.3, 0.4) is 0 Å². The lowest BCUT2D eigenvalue weighted by molar-refractivity contribution is 0.0958. The molecule has 6 nitrogen and oxygen atoms in total. The second kappa shape index (κ2) is 7.79. The highest BCUT2D eigenvalue weighted by Gasteiger charge is 2.22. The van der Waals surface area contributed by atoms with Gasteiger partial charge in [-0.05, 0) is 67.4 Å². The molecule has 4 rings (SSSR count). The van der Waals surface area contributed by atoms with Crippen LogP contribution in [0.5, 0.6) is 0 Å². The van der Waals surface area contributed by atoms with Crippen LogP contribution in [0.1, 0.15) is 21.6 Å². The number of rotatable bonds is 3. The summed E-state index contributed by atoms with van der Waals surface area (Å²) in [7, 11) is 3.79. The summed E-state index contributed by atoms with van der Waals surface area (Å²) >= 11 is 0. The molecule has 0 saturated carbocycles. The van der Waals surface area contributed by atoms with Crippen LogP contribution in [-0.2, 0) is 0 Å². The molecule has 0 spiro atoms. The largest absolute Gasteiger partial charge is 0.368 e. The van der Waals surface area contributed by atoms with E-state index in [2.05, 4.69) is 47.1 Å². The average Bonchev–Trinajstić information content (AvgIpc) is 2.73. The van der Waals surface area contributed by atoms with Gasteiger partial charge in [-0.25, -0.2) is 4.98 Å². The number of likely N-dealkylation sites (N-methyl/N-ethyl adjacent to an activating group) is 1. The molecule has 6 heteroatoms. The zero-order chi connectivity index (χ0) is 20.5. The Hall–Kier alpha value is -2.99. The van der Waals surface area contributed by atoms with Gasteiger partial charge in [0.15, 0.2) is 0 Å². The van der Waals surface area contributed by atoms with Gasteiger partial charge in [-0.2, -0.15) is 0 Å². The van der Waals surface area contributed by atoms with Crippen LogP contribution < -0.4 is 10.2 Å². The molecule has 150 valence electrons. The number of pyridine rings is 2. The van der Waals surface area contributed by atoms with Crippen molar-refractivity contribution >= 4 is 22.5 Å². The molecule has 1 aliphatic heterocycles. The molecular formula is C23H27N5O. The quantitative estimate of drug-likeness (QED) is 0.746. The lowest BCUT2D eigenvalue weighted by Gasteiger charge is -2.35. The minimum Gasteiger partial charge on any atom is -0.368 e. The molecular weight excluding hydrogens is 362 g/mol. The van der Waals surface area contributed by atoms with Crippen LogP contribution >= 0.6 is 0 Å². The monoisotopic (exact) mass is 389 g/mol. The molecule has 1 aliphatic rings. The summed E-state index contributed by atoms with van der Waals surface area (Å²) in [5.74, 6) is -0.157.